The van der Waals surface area contributed by atoms with E-state index in [2.05, 4.69) is 4.98 Å². The number of hydrogen-bond acceptors (Lipinski definition) is 4. The number of H-pyrrole nitrogens is 1. The maximum Gasteiger partial charge on any atom is 0.326 e. The minimum atomic E-state index is -0.937. The summed E-state index contributed by atoms with van der Waals surface area (Å²) in [5.74, 6) is -1.17. The zero-order valence-electron chi connectivity index (χ0n) is 15.9. The molecular formula is C20H25N3O5. The third-order valence-corrected chi connectivity index (χ3v) is 6.03. The summed E-state index contributed by atoms with van der Waals surface area (Å²) in [4.78, 5) is 41.1. The van der Waals surface area contributed by atoms with Gasteiger partial charge in [-0.1, -0.05) is 12.8 Å². The lowest BCUT2D eigenvalue weighted by Crippen LogP contribution is -2.37. The maximum absolute atomic E-state index is 13.1. The standard InChI is InChI=1S/C20H25N3O5/c1-28-15-9-14(10-18(24)25)22(11-15)19(26)12-6-7-17-16(8-12)21-20(27)23(17)13-4-2-3-5-13/h6-8,13-15H,2-5,9-11H2,1H3,(H,21,27)(H,24,25). The van der Waals surface area contributed by atoms with Gasteiger partial charge in [-0.15, -0.1) is 0 Å². The van der Waals surface area contributed by atoms with Gasteiger partial charge >= 0.3 is 11.7 Å². The fourth-order valence-electron chi connectivity index (χ4n) is 4.64. The molecule has 2 heterocycles. The number of likely N-dealkylation sites (tertiary alicyclic amines) is 1. The number of ether oxygens (including phenoxy) is 1. The van der Waals surface area contributed by atoms with Gasteiger partial charge in [0.25, 0.3) is 5.91 Å². The predicted molar refractivity (Wildman–Crippen MR) is 103 cm³/mol. The number of hydrogen-bond donors (Lipinski definition) is 2. The van der Waals surface area contributed by atoms with E-state index in [-0.39, 0.29) is 30.2 Å². The summed E-state index contributed by atoms with van der Waals surface area (Å²) in [5, 5.41) is 9.16. The summed E-state index contributed by atoms with van der Waals surface area (Å²) in [6.07, 6.45) is 4.48. The first-order chi connectivity index (χ1) is 13.5. The molecule has 2 unspecified atom stereocenters. The van der Waals surface area contributed by atoms with Crippen LogP contribution in [0.2, 0.25) is 0 Å². The van der Waals surface area contributed by atoms with Crippen molar-refractivity contribution in [3.63, 3.8) is 0 Å². The smallest absolute Gasteiger partial charge is 0.326 e. The van der Waals surface area contributed by atoms with E-state index in [0.717, 1.165) is 31.2 Å². The van der Waals surface area contributed by atoms with Crippen molar-refractivity contribution in [2.45, 2.75) is 56.7 Å². The Morgan fingerprint density at radius 2 is 2.04 bits per heavy atom. The normalized spacial score (nSPS) is 23.0. The van der Waals surface area contributed by atoms with E-state index in [4.69, 9.17) is 9.84 Å². The van der Waals surface area contributed by atoms with Crippen molar-refractivity contribution in [1.82, 2.24) is 14.5 Å². The lowest BCUT2D eigenvalue weighted by atomic mass is 10.1. The van der Waals surface area contributed by atoms with Crippen LogP contribution in [0, 0.1) is 0 Å². The van der Waals surface area contributed by atoms with E-state index in [9.17, 15) is 14.4 Å². The number of imidazole rings is 1. The Hall–Kier alpha value is -2.61. The molecule has 2 aromatic rings. The average Bonchev–Trinajstić information content (AvgIpc) is 3.37. The van der Waals surface area contributed by atoms with Gasteiger partial charge in [0.2, 0.25) is 0 Å². The Balaban J connectivity index is 1.64. The number of carbonyl (C=O) groups is 2. The minimum absolute atomic E-state index is 0.108. The number of carboxylic acids is 1. The molecular weight excluding hydrogens is 362 g/mol. The molecule has 8 heteroatoms. The molecule has 1 saturated heterocycles. The average molecular weight is 387 g/mol. The number of aromatic nitrogens is 2. The number of carbonyl (C=O) groups excluding carboxylic acids is 1. The number of carboxylic acid groups (broad SMARTS) is 1. The molecule has 2 fully saturated rings. The second-order valence-corrected chi connectivity index (χ2v) is 7.77. The van der Waals surface area contributed by atoms with Crippen molar-refractivity contribution in [3.8, 4) is 0 Å². The number of benzene rings is 1. The highest BCUT2D eigenvalue weighted by atomic mass is 16.5. The van der Waals surface area contributed by atoms with Gasteiger partial charge in [-0.05, 0) is 37.5 Å². The molecule has 0 radical (unpaired) electrons. The quantitative estimate of drug-likeness (QED) is 0.818. The predicted octanol–water partition coefficient (Wildman–Crippen LogP) is 2.15. The van der Waals surface area contributed by atoms with Gasteiger partial charge in [0.1, 0.15) is 0 Å². The summed E-state index contributed by atoms with van der Waals surface area (Å²) >= 11 is 0. The number of amides is 1. The molecule has 0 spiro atoms. The van der Waals surface area contributed by atoms with E-state index in [1.165, 1.54) is 0 Å². The Kier molecular flexibility index (Phi) is 4.97. The van der Waals surface area contributed by atoms with E-state index < -0.39 is 12.0 Å². The molecule has 1 aliphatic heterocycles. The van der Waals surface area contributed by atoms with E-state index in [0.29, 0.717) is 24.0 Å². The van der Waals surface area contributed by atoms with Gasteiger partial charge < -0.3 is 19.7 Å². The van der Waals surface area contributed by atoms with Crippen LogP contribution >= 0.6 is 0 Å². The Morgan fingerprint density at radius 1 is 1.29 bits per heavy atom. The van der Waals surface area contributed by atoms with Gasteiger partial charge in [0.05, 0.1) is 23.6 Å². The first kappa shape index (κ1) is 18.7. The monoisotopic (exact) mass is 387 g/mol. The van der Waals surface area contributed by atoms with Crippen LogP contribution < -0.4 is 5.69 Å². The summed E-state index contributed by atoms with van der Waals surface area (Å²) in [6.45, 7) is 0.366. The van der Waals surface area contributed by atoms with Crippen molar-refractivity contribution in [3.05, 3.63) is 34.2 Å². The number of rotatable bonds is 5. The van der Waals surface area contributed by atoms with Crippen LogP contribution in [0.3, 0.4) is 0 Å². The molecule has 1 aliphatic carbocycles. The van der Waals surface area contributed by atoms with Crippen LogP contribution in [-0.2, 0) is 9.53 Å². The first-order valence-electron chi connectivity index (χ1n) is 9.77. The number of nitrogens with one attached hydrogen (secondary N) is 1. The van der Waals surface area contributed by atoms with Gasteiger partial charge in [0, 0.05) is 31.3 Å². The Morgan fingerprint density at radius 3 is 2.71 bits per heavy atom. The van der Waals surface area contributed by atoms with Crippen molar-refractivity contribution >= 4 is 22.9 Å². The van der Waals surface area contributed by atoms with Crippen LogP contribution in [-0.4, -0.2) is 57.2 Å². The van der Waals surface area contributed by atoms with Crippen molar-refractivity contribution in [2.75, 3.05) is 13.7 Å². The summed E-state index contributed by atoms with van der Waals surface area (Å²) < 4.78 is 7.15. The van der Waals surface area contributed by atoms with Gasteiger partial charge in [-0.3, -0.25) is 14.2 Å². The Labute approximate surface area is 162 Å². The Bertz CT molecular complexity index is 956. The highest BCUT2D eigenvalue weighted by molar-refractivity contribution is 5.98. The van der Waals surface area contributed by atoms with Crippen molar-refractivity contribution in [2.24, 2.45) is 0 Å². The van der Waals surface area contributed by atoms with Crippen LogP contribution in [0.4, 0.5) is 0 Å². The van der Waals surface area contributed by atoms with Crippen LogP contribution in [0.25, 0.3) is 11.0 Å². The molecule has 1 aromatic carbocycles. The molecule has 150 valence electrons. The SMILES string of the molecule is COC1CC(CC(=O)O)N(C(=O)c2ccc3c(c2)[nH]c(=O)n3C2CCCC2)C1. The highest BCUT2D eigenvalue weighted by Crippen LogP contribution is 2.31. The molecule has 1 amide bonds. The second-order valence-electron chi connectivity index (χ2n) is 7.77. The fourth-order valence-corrected chi connectivity index (χ4v) is 4.64. The van der Waals surface area contributed by atoms with Gasteiger partial charge in [-0.2, -0.15) is 0 Å². The zero-order chi connectivity index (χ0) is 19.8. The third-order valence-electron chi connectivity index (χ3n) is 6.03. The number of nitrogens with zero attached hydrogens (tertiary/aromatic N) is 2. The van der Waals surface area contributed by atoms with Crippen molar-refractivity contribution < 1.29 is 19.4 Å². The van der Waals surface area contributed by atoms with E-state index in [1.807, 2.05) is 6.07 Å². The van der Waals surface area contributed by atoms with Gasteiger partial charge in [0.15, 0.2) is 0 Å². The molecule has 2 atom stereocenters. The lowest BCUT2D eigenvalue weighted by molar-refractivity contribution is -0.137. The number of aliphatic carboxylic acids is 1. The van der Waals surface area contributed by atoms with E-state index in [1.54, 1.807) is 28.7 Å². The summed E-state index contributed by atoms with van der Waals surface area (Å²) in [5.41, 5.74) is 1.75. The summed E-state index contributed by atoms with van der Waals surface area (Å²) in [6, 6.07) is 5.05. The van der Waals surface area contributed by atoms with Crippen LogP contribution in [0.5, 0.6) is 0 Å². The third kappa shape index (κ3) is 3.32. The lowest BCUT2D eigenvalue weighted by Gasteiger charge is -2.23. The topological polar surface area (TPSA) is 105 Å². The molecule has 4 rings (SSSR count). The molecule has 1 aromatic heterocycles. The molecule has 8 nitrogen and oxygen atoms in total. The molecule has 0 bridgehead atoms. The van der Waals surface area contributed by atoms with Gasteiger partial charge in [-0.25, -0.2) is 4.79 Å². The molecule has 2 N–H and O–H groups in total. The molecule has 1 saturated carbocycles. The van der Waals surface area contributed by atoms with Crippen LogP contribution in [0.1, 0.15) is 54.9 Å². The fraction of sp³-hybridized carbons (Fsp3) is 0.550. The van der Waals surface area contributed by atoms with Crippen LogP contribution in [0.15, 0.2) is 23.0 Å². The molecule has 2 aliphatic rings. The molecule has 28 heavy (non-hydrogen) atoms. The summed E-state index contributed by atoms with van der Waals surface area (Å²) in [7, 11) is 1.57. The maximum atomic E-state index is 13.1. The minimum Gasteiger partial charge on any atom is -0.481 e. The second kappa shape index (κ2) is 7.43. The van der Waals surface area contributed by atoms with Crippen molar-refractivity contribution in [1.29, 1.82) is 0 Å². The zero-order valence-corrected chi connectivity index (χ0v) is 15.9. The highest BCUT2D eigenvalue weighted by Gasteiger charge is 2.37. The number of aromatic amines is 1. The number of fused-ring (bicyclic) bond motifs is 1. The largest absolute Gasteiger partial charge is 0.481 e. The van der Waals surface area contributed by atoms with E-state index >= 15 is 0 Å². The number of methoxy groups -OCH3 is 1. The first-order valence-corrected chi connectivity index (χ1v) is 9.77.